The standard InChI is InChI=1S/C25H33N3O6/c1-16-12-28(17(2)14-33-15-18-8-10-19(32-4)11-9-18)24(29)20-6-5-7-21(26)23(20)34-22(16)13-27(3)25(30)31/h5-11,16-17,22H,12-15,26H2,1-4H3,(H,30,31)/t16-,17?,22+/m1/s1. The number of amides is 2. The molecule has 9 nitrogen and oxygen atoms in total. The molecule has 0 radical (unpaired) electrons. The number of para-hydroxylation sites is 1. The lowest BCUT2D eigenvalue weighted by Crippen LogP contribution is -2.50. The molecule has 0 bridgehead atoms. The average molecular weight is 472 g/mol. The van der Waals surface area contributed by atoms with Crippen molar-refractivity contribution in [1.29, 1.82) is 0 Å². The summed E-state index contributed by atoms with van der Waals surface area (Å²) in [5, 5.41) is 9.33. The Balaban J connectivity index is 1.77. The maximum atomic E-state index is 13.5. The van der Waals surface area contributed by atoms with E-state index in [1.165, 1.54) is 11.9 Å². The number of nitrogens with two attached hydrogens (primary N) is 1. The quantitative estimate of drug-likeness (QED) is 0.568. The number of rotatable bonds is 8. The van der Waals surface area contributed by atoms with Gasteiger partial charge in [-0.15, -0.1) is 0 Å². The van der Waals surface area contributed by atoms with Crippen LogP contribution in [-0.4, -0.2) is 72.9 Å². The van der Waals surface area contributed by atoms with E-state index in [2.05, 4.69) is 0 Å². The fourth-order valence-corrected chi connectivity index (χ4v) is 3.89. The number of hydrogen-bond acceptors (Lipinski definition) is 6. The number of nitrogen functional groups attached to an aromatic ring is 1. The molecule has 0 aliphatic carbocycles. The molecular formula is C25H33N3O6. The Hall–Kier alpha value is -3.46. The van der Waals surface area contributed by atoms with Gasteiger partial charge < -0.3 is 34.9 Å². The first kappa shape index (κ1) is 25.2. The van der Waals surface area contributed by atoms with Crippen molar-refractivity contribution in [3.63, 3.8) is 0 Å². The third-order valence-electron chi connectivity index (χ3n) is 6.02. The summed E-state index contributed by atoms with van der Waals surface area (Å²) in [7, 11) is 3.11. The summed E-state index contributed by atoms with van der Waals surface area (Å²) in [5.74, 6) is 0.724. The molecule has 0 spiro atoms. The van der Waals surface area contributed by atoms with Crippen LogP contribution >= 0.6 is 0 Å². The first-order valence-electron chi connectivity index (χ1n) is 11.2. The van der Waals surface area contributed by atoms with Crippen LogP contribution < -0.4 is 15.2 Å². The molecule has 2 aromatic rings. The van der Waals surface area contributed by atoms with E-state index >= 15 is 0 Å². The van der Waals surface area contributed by atoms with Gasteiger partial charge in [-0.3, -0.25) is 4.79 Å². The lowest BCUT2D eigenvalue weighted by molar-refractivity contribution is 0.0211. The predicted octanol–water partition coefficient (Wildman–Crippen LogP) is 3.33. The Kier molecular flexibility index (Phi) is 8.22. The molecule has 3 rings (SSSR count). The number of hydrogen-bond donors (Lipinski definition) is 2. The van der Waals surface area contributed by atoms with Crippen molar-refractivity contribution in [3.05, 3.63) is 53.6 Å². The SMILES string of the molecule is COc1ccc(COCC(C)N2C[C@@H](C)[C@H](CN(C)C(=O)O)Oc3c(N)cccc3C2=O)cc1. The summed E-state index contributed by atoms with van der Waals surface area (Å²) in [6.07, 6.45) is -1.53. The highest BCUT2D eigenvalue weighted by molar-refractivity contribution is 5.99. The number of likely N-dealkylation sites (N-methyl/N-ethyl adjacent to an activating group) is 1. The summed E-state index contributed by atoms with van der Waals surface area (Å²) in [6.45, 7) is 5.15. The molecule has 34 heavy (non-hydrogen) atoms. The number of fused-ring (bicyclic) bond motifs is 1. The van der Waals surface area contributed by atoms with Gasteiger partial charge in [0.05, 0.1) is 44.2 Å². The maximum absolute atomic E-state index is 13.5. The number of carbonyl (C=O) groups excluding carboxylic acids is 1. The normalized spacial score (nSPS) is 18.8. The van der Waals surface area contributed by atoms with Gasteiger partial charge in [0, 0.05) is 19.5 Å². The van der Waals surface area contributed by atoms with Crippen LogP contribution in [0.4, 0.5) is 10.5 Å². The van der Waals surface area contributed by atoms with Crippen molar-refractivity contribution in [1.82, 2.24) is 9.80 Å². The van der Waals surface area contributed by atoms with Crippen LogP contribution in [0, 0.1) is 5.92 Å². The topological polar surface area (TPSA) is 115 Å². The van der Waals surface area contributed by atoms with Crippen LogP contribution in [0.5, 0.6) is 11.5 Å². The van der Waals surface area contributed by atoms with Gasteiger partial charge in [-0.05, 0) is 36.8 Å². The molecule has 3 N–H and O–H groups in total. The number of benzene rings is 2. The molecule has 0 saturated carbocycles. The minimum atomic E-state index is -1.05. The monoisotopic (exact) mass is 471 g/mol. The number of ether oxygens (including phenoxy) is 3. The van der Waals surface area contributed by atoms with Crippen molar-refractivity contribution in [2.45, 2.75) is 32.6 Å². The Bertz CT molecular complexity index is 997. The zero-order chi connectivity index (χ0) is 24.8. The molecule has 1 heterocycles. The number of carboxylic acid groups (broad SMARTS) is 1. The van der Waals surface area contributed by atoms with Gasteiger partial charge in [0.1, 0.15) is 11.9 Å². The van der Waals surface area contributed by atoms with Crippen molar-refractivity contribution >= 4 is 17.7 Å². The van der Waals surface area contributed by atoms with Crippen molar-refractivity contribution in [2.75, 3.05) is 39.6 Å². The molecular weight excluding hydrogens is 438 g/mol. The highest BCUT2D eigenvalue weighted by Crippen LogP contribution is 2.33. The van der Waals surface area contributed by atoms with E-state index in [1.807, 2.05) is 38.1 Å². The molecule has 1 aliphatic heterocycles. The van der Waals surface area contributed by atoms with Crippen LogP contribution in [0.25, 0.3) is 0 Å². The highest BCUT2D eigenvalue weighted by atomic mass is 16.5. The fourth-order valence-electron chi connectivity index (χ4n) is 3.89. The van der Waals surface area contributed by atoms with Crippen LogP contribution in [0.3, 0.4) is 0 Å². The summed E-state index contributed by atoms with van der Waals surface area (Å²) in [6, 6.07) is 12.5. The third kappa shape index (κ3) is 5.91. The Morgan fingerprint density at radius 1 is 1.29 bits per heavy atom. The molecule has 0 saturated heterocycles. The second-order valence-corrected chi connectivity index (χ2v) is 8.69. The number of methoxy groups -OCH3 is 1. The lowest BCUT2D eigenvalue weighted by Gasteiger charge is -2.38. The second kappa shape index (κ2) is 11.1. The van der Waals surface area contributed by atoms with E-state index < -0.39 is 12.2 Å². The molecule has 3 atom stereocenters. The first-order chi connectivity index (χ1) is 16.2. The van der Waals surface area contributed by atoms with E-state index in [0.29, 0.717) is 36.8 Å². The molecule has 2 aromatic carbocycles. The summed E-state index contributed by atoms with van der Waals surface area (Å²) < 4.78 is 17.2. The maximum Gasteiger partial charge on any atom is 0.407 e. The predicted molar refractivity (Wildman–Crippen MR) is 128 cm³/mol. The molecule has 1 aliphatic rings. The zero-order valence-corrected chi connectivity index (χ0v) is 20.1. The highest BCUT2D eigenvalue weighted by Gasteiger charge is 2.34. The fraction of sp³-hybridized carbons (Fsp3) is 0.440. The van der Waals surface area contributed by atoms with Crippen LogP contribution in [0.2, 0.25) is 0 Å². The van der Waals surface area contributed by atoms with E-state index in [0.717, 1.165) is 11.3 Å². The molecule has 1 unspecified atom stereocenters. The molecule has 184 valence electrons. The minimum absolute atomic E-state index is 0.147. The van der Waals surface area contributed by atoms with Gasteiger partial charge in [0.15, 0.2) is 5.75 Å². The number of nitrogens with zero attached hydrogens (tertiary/aromatic N) is 2. The molecule has 0 aromatic heterocycles. The van der Waals surface area contributed by atoms with E-state index in [9.17, 15) is 14.7 Å². The number of anilines is 1. The molecule has 0 fully saturated rings. The Labute approximate surface area is 200 Å². The number of carbonyl (C=O) groups is 2. The van der Waals surface area contributed by atoms with Crippen molar-refractivity contribution in [3.8, 4) is 11.5 Å². The summed E-state index contributed by atoms with van der Waals surface area (Å²) >= 11 is 0. The smallest absolute Gasteiger partial charge is 0.407 e. The van der Waals surface area contributed by atoms with Crippen LogP contribution in [0.15, 0.2) is 42.5 Å². The zero-order valence-electron chi connectivity index (χ0n) is 20.1. The summed E-state index contributed by atoms with van der Waals surface area (Å²) in [4.78, 5) is 27.8. The van der Waals surface area contributed by atoms with Gasteiger partial charge in [0.2, 0.25) is 0 Å². The second-order valence-electron chi connectivity index (χ2n) is 8.69. The Morgan fingerprint density at radius 3 is 2.65 bits per heavy atom. The minimum Gasteiger partial charge on any atom is -0.497 e. The van der Waals surface area contributed by atoms with Crippen LogP contribution in [-0.2, 0) is 11.3 Å². The molecule has 9 heteroatoms. The Morgan fingerprint density at radius 2 is 2.00 bits per heavy atom. The van der Waals surface area contributed by atoms with Gasteiger partial charge in [-0.1, -0.05) is 25.1 Å². The van der Waals surface area contributed by atoms with E-state index in [-0.39, 0.29) is 24.4 Å². The largest absolute Gasteiger partial charge is 0.497 e. The average Bonchev–Trinajstić information content (AvgIpc) is 2.82. The third-order valence-corrected chi connectivity index (χ3v) is 6.02. The van der Waals surface area contributed by atoms with Gasteiger partial charge >= 0.3 is 6.09 Å². The first-order valence-corrected chi connectivity index (χ1v) is 11.2. The van der Waals surface area contributed by atoms with E-state index in [1.54, 1.807) is 30.2 Å². The van der Waals surface area contributed by atoms with Crippen molar-refractivity contribution in [2.24, 2.45) is 5.92 Å². The van der Waals surface area contributed by atoms with Crippen LogP contribution in [0.1, 0.15) is 29.8 Å². The summed E-state index contributed by atoms with van der Waals surface area (Å²) in [5.41, 5.74) is 7.85. The van der Waals surface area contributed by atoms with Gasteiger partial charge in [-0.2, -0.15) is 0 Å². The van der Waals surface area contributed by atoms with E-state index in [4.69, 9.17) is 19.9 Å². The lowest BCUT2D eigenvalue weighted by atomic mass is 9.99. The van der Waals surface area contributed by atoms with Gasteiger partial charge in [0.25, 0.3) is 5.91 Å². The molecule has 2 amide bonds. The van der Waals surface area contributed by atoms with Crippen molar-refractivity contribution < 1.29 is 28.9 Å². The van der Waals surface area contributed by atoms with Gasteiger partial charge in [-0.25, -0.2) is 4.79 Å².